The monoisotopic (exact) mass is 414 g/mol. The second kappa shape index (κ2) is 6.31. The maximum atomic E-state index is 10.3. The van der Waals surface area contributed by atoms with Crippen LogP contribution >= 0.6 is 15.9 Å². The van der Waals surface area contributed by atoms with Crippen molar-refractivity contribution in [2.75, 3.05) is 16.8 Å². The zero-order valence-electron chi connectivity index (χ0n) is 12.9. The van der Waals surface area contributed by atoms with Crippen LogP contribution in [0, 0.1) is 22.8 Å². The van der Waals surface area contributed by atoms with Gasteiger partial charge in [0.25, 0.3) is 0 Å². The Morgan fingerprint density at radius 3 is 2.62 bits per heavy atom. The molecule has 130 valence electrons. The van der Waals surface area contributed by atoms with E-state index >= 15 is 0 Å². The summed E-state index contributed by atoms with van der Waals surface area (Å²) in [5, 5.41) is 43.6. The number of phenols is 2. The second-order valence-electron chi connectivity index (χ2n) is 5.24. The Hall–Kier alpha value is -3.70. The molecule has 0 bridgehead atoms. The lowest BCUT2D eigenvalue weighted by Gasteiger charge is -2.26. The number of nitrogens with two attached hydrogens (primary N) is 2. The minimum absolute atomic E-state index is 0.0248. The van der Waals surface area contributed by atoms with Crippen LogP contribution in [0.4, 0.5) is 17.3 Å². The fraction of sp³-hybridized carbons (Fsp3) is 0.0667. The molecule has 26 heavy (non-hydrogen) atoms. The van der Waals surface area contributed by atoms with E-state index in [2.05, 4.69) is 36.5 Å². The minimum atomic E-state index is -0.943. The third kappa shape index (κ3) is 2.56. The van der Waals surface area contributed by atoms with E-state index in [9.17, 15) is 15.5 Å². The van der Waals surface area contributed by atoms with Gasteiger partial charge in [-0.25, -0.2) is 9.98 Å². The van der Waals surface area contributed by atoms with E-state index in [1.807, 2.05) is 6.07 Å². The van der Waals surface area contributed by atoms with Crippen molar-refractivity contribution in [3.8, 4) is 23.8 Å². The highest BCUT2D eigenvalue weighted by atomic mass is 79.9. The standard InChI is InChI=1S/C15H11BrN8O2/c16-7-2-1-5(11(25)12(7)26)10-8-9(19)6(3-17)13(20)23-14(8)24-15(22-10)21-4-18/h1-2,10,25-26H,(H6,19,20,21,22,23,24). The molecule has 1 aromatic carbocycles. The molecule has 0 aliphatic carbocycles. The minimum Gasteiger partial charge on any atom is -0.504 e. The van der Waals surface area contributed by atoms with Gasteiger partial charge >= 0.3 is 0 Å². The first-order valence-electron chi connectivity index (χ1n) is 7.08. The van der Waals surface area contributed by atoms with Crippen molar-refractivity contribution in [2.45, 2.75) is 6.04 Å². The highest BCUT2D eigenvalue weighted by molar-refractivity contribution is 9.10. The van der Waals surface area contributed by atoms with E-state index in [4.69, 9.17) is 16.7 Å². The zero-order valence-corrected chi connectivity index (χ0v) is 14.5. The van der Waals surface area contributed by atoms with E-state index < -0.39 is 11.8 Å². The van der Waals surface area contributed by atoms with Crippen LogP contribution in [-0.4, -0.2) is 21.2 Å². The molecule has 3 rings (SSSR count). The largest absolute Gasteiger partial charge is 0.504 e. The van der Waals surface area contributed by atoms with Crippen LogP contribution in [0.2, 0.25) is 0 Å². The smallest absolute Gasteiger partial charge is 0.211 e. The maximum Gasteiger partial charge on any atom is 0.211 e. The van der Waals surface area contributed by atoms with E-state index in [1.165, 1.54) is 12.1 Å². The van der Waals surface area contributed by atoms with Crippen LogP contribution in [0.15, 0.2) is 21.6 Å². The summed E-state index contributed by atoms with van der Waals surface area (Å²) in [5.41, 5.74) is 12.4. The van der Waals surface area contributed by atoms with Crippen molar-refractivity contribution in [1.82, 2.24) is 10.3 Å². The summed E-state index contributed by atoms with van der Waals surface area (Å²) in [6.45, 7) is 0. The van der Waals surface area contributed by atoms with Gasteiger partial charge in [0.05, 0.1) is 10.2 Å². The summed E-state index contributed by atoms with van der Waals surface area (Å²) in [5.74, 6) is -0.667. The van der Waals surface area contributed by atoms with Crippen LogP contribution in [0.25, 0.3) is 0 Å². The fourth-order valence-corrected chi connectivity index (χ4v) is 2.92. The van der Waals surface area contributed by atoms with E-state index in [0.29, 0.717) is 0 Å². The van der Waals surface area contributed by atoms with Gasteiger partial charge in [-0.2, -0.15) is 10.5 Å². The second-order valence-corrected chi connectivity index (χ2v) is 6.09. The molecule has 1 aliphatic rings. The van der Waals surface area contributed by atoms with Crippen LogP contribution in [-0.2, 0) is 0 Å². The van der Waals surface area contributed by atoms with Gasteiger partial charge in [-0.1, -0.05) is 6.07 Å². The quantitative estimate of drug-likeness (QED) is 0.226. The van der Waals surface area contributed by atoms with Gasteiger partial charge in [0, 0.05) is 11.1 Å². The molecule has 11 heteroatoms. The number of phenolic OH excluding ortho intramolecular Hbond substituents is 2. The number of nitrogen functional groups attached to an aromatic ring is 2. The molecule has 0 amide bonds. The number of nitriles is 2. The zero-order chi connectivity index (χ0) is 19.0. The van der Waals surface area contributed by atoms with E-state index in [0.717, 1.165) is 0 Å². The molecular weight excluding hydrogens is 404 g/mol. The molecule has 0 spiro atoms. The summed E-state index contributed by atoms with van der Waals surface area (Å²) < 4.78 is 0.286. The number of rotatable bonds is 1. The van der Waals surface area contributed by atoms with Gasteiger partial charge in [-0.3, -0.25) is 5.32 Å². The summed E-state index contributed by atoms with van der Waals surface area (Å²) in [6.07, 6.45) is 1.72. The Bertz CT molecular complexity index is 1040. The summed E-state index contributed by atoms with van der Waals surface area (Å²) >= 11 is 3.11. The predicted molar refractivity (Wildman–Crippen MR) is 96.9 cm³/mol. The predicted octanol–water partition coefficient (Wildman–Crippen LogP) is 1.23. The number of aromatic hydroxyl groups is 2. The number of guanidine groups is 1. The molecule has 2 heterocycles. The van der Waals surface area contributed by atoms with Gasteiger partial charge in [0.1, 0.15) is 29.3 Å². The number of halogens is 1. The molecule has 0 fully saturated rings. The highest BCUT2D eigenvalue weighted by Gasteiger charge is 2.32. The number of nitrogens with zero attached hydrogens (tertiary/aromatic N) is 4. The van der Waals surface area contributed by atoms with Crippen LogP contribution in [0.3, 0.4) is 0 Å². The Balaban J connectivity index is 2.31. The van der Waals surface area contributed by atoms with Gasteiger partial charge in [0.2, 0.25) is 5.96 Å². The lowest BCUT2D eigenvalue weighted by atomic mass is 9.94. The Labute approximate surface area is 155 Å². The third-order valence-corrected chi connectivity index (χ3v) is 4.43. The van der Waals surface area contributed by atoms with Crippen molar-refractivity contribution >= 4 is 39.2 Å². The molecule has 0 saturated heterocycles. The van der Waals surface area contributed by atoms with Crippen LogP contribution in [0.1, 0.15) is 22.7 Å². The van der Waals surface area contributed by atoms with Crippen molar-refractivity contribution in [2.24, 2.45) is 4.99 Å². The molecular formula is C15H11BrN8O2. The first-order chi connectivity index (χ1) is 12.4. The van der Waals surface area contributed by atoms with Gasteiger partial charge < -0.3 is 27.0 Å². The van der Waals surface area contributed by atoms with E-state index in [1.54, 1.807) is 6.19 Å². The van der Waals surface area contributed by atoms with Crippen molar-refractivity contribution in [1.29, 1.82) is 10.5 Å². The SMILES string of the molecule is N#CNC1=NC(c2ccc(Br)c(O)c2O)c2c(nc(N)c(C#N)c2N)N1. The van der Waals surface area contributed by atoms with Crippen molar-refractivity contribution in [3.05, 3.63) is 33.3 Å². The third-order valence-electron chi connectivity index (χ3n) is 3.79. The molecule has 0 radical (unpaired) electrons. The van der Waals surface area contributed by atoms with Crippen molar-refractivity contribution in [3.63, 3.8) is 0 Å². The average Bonchev–Trinajstić information content (AvgIpc) is 2.59. The topological polar surface area (TPSA) is 189 Å². The molecule has 8 N–H and O–H groups in total. The van der Waals surface area contributed by atoms with Crippen LogP contribution in [0.5, 0.6) is 11.5 Å². The number of pyridine rings is 1. The lowest BCUT2D eigenvalue weighted by Crippen LogP contribution is -2.32. The molecule has 0 saturated carbocycles. The van der Waals surface area contributed by atoms with Gasteiger partial charge in [-0.05, 0) is 22.0 Å². The number of nitrogens with one attached hydrogen (secondary N) is 2. The molecule has 2 aromatic rings. The summed E-state index contributed by atoms with van der Waals surface area (Å²) in [6, 6.07) is 3.98. The number of hydrogen-bond donors (Lipinski definition) is 6. The summed E-state index contributed by atoms with van der Waals surface area (Å²) in [4.78, 5) is 8.40. The van der Waals surface area contributed by atoms with E-state index in [-0.39, 0.29) is 50.2 Å². The highest BCUT2D eigenvalue weighted by Crippen LogP contribution is 2.46. The number of anilines is 3. The molecule has 10 nitrogen and oxygen atoms in total. The first kappa shape index (κ1) is 17.1. The molecule has 1 unspecified atom stereocenters. The number of fused-ring (bicyclic) bond motifs is 1. The van der Waals surface area contributed by atoms with Crippen molar-refractivity contribution < 1.29 is 10.2 Å². The number of aromatic nitrogens is 1. The molecule has 1 aliphatic heterocycles. The molecule has 1 atom stereocenters. The number of hydrogen-bond acceptors (Lipinski definition) is 10. The first-order valence-corrected chi connectivity index (χ1v) is 7.87. The van der Waals surface area contributed by atoms with Crippen LogP contribution < -0.4 is 22.1 Å². The maximum absolute atomic E-state index is 10.3. The normalized spacial score (nSPS) is 15.0. The lowest BCUT2D eigenvalue weighted by molar-refractivity contribution is 0.395. The Kier molecular flexibility index (Phi) is 4.16. The van der Waals surface area contributed by atoms with Gasteiger partial charge in [-0.15, -0.1) is 0 Å². The Morgan fingerprint density at radius 2 is 1.96 bits per heavy atom. The summed E-state index contributed by atoms with van der Waals surface area (Å²) in [7, 11) is 0. The fourth-order valence-electron chi connectivity index (χ4n) is 2.60. The Morgan fingerprint density at radius 1 is 1.23 bits per heavy atom. The number of benzene rings is 1. The number of aliphatic imine (C=N–C) groups is 1. The van der Waals surface area contributed by atoms with Gasteiger partial charge in [0.15, 0.2) is 17.7 Å². The molecule has 1 aromatic heterocycles. The average molecular weight is 415 g/mol.